The molecular formula is C42H83N3O. The minimum atomic E-state index is -0.342. The summed E-state index contributed by atoms with van der Waals surface area (Å²) in [5.41, 5.74) is -0.342. The molecule has 2 N–H and O–H groups in total. The summed E-state index contributed by atoms with van der Waals surface area (Å²) in [7, 11) is 0. The number of rotatable bonds is 36. The molecule has 4 heteroatoms. The molecule has 1 aliphatic rings. The number of nitrogens with one attached hydrogen (secondary N) is 2. The van der Waals surface area contributed by atoms with Crippen molar-refractivity contribution in [2.75, 3.05) is 6.54 Å². The van der Waals surface area contributed by atoms with Crippen molar-refractivity contribution in [3.63, 3.8) is 0 Å². The standard InChI is InChI=1S/C42H83N3O/c1-4-7-9-11-13-15-17-19-21-23-24-26-28-30-32-34-36-40-43-39-42(44-40,38-6-3)45-41(46)37-35-33-31-29-27-25-22-20-18-16-14-12-10-8-5-2/h4-39H2,1-3H3,(H,43,44)(H,45,46). The van der Waals surface area contributed by atoms with E-state index < -0.39 is 0 Å². The van der Waals surface area contributed by atoms with Gasteiger partial charge in [0.2, 0.25) is 5.91 Å². The average Bonchev–Trinajstić information content (AvgIpc) is 3.44. The molecule has 0 saturated heterocycles. The summed E-state index contributed by atoms with van der Waals surface area (Å²) in [4.78, 5) is 17.7. The van der Waals surface area contributed by atoms with Gasteiger partial charge in [0.05, 0.1) is 12.4 Å². The zero-order valence-electron chi connectivity index (χ0n) is 31.8. The SMILES string of the molecule is CCCCCCCCCCCCCCCCCCC1=NCC(CCC)(NC(=O)CCCCCCCCCCCCCCCCC)N1. The molecule has 4 nitrogen and oxygen atoms in total. The third kappa shape index (κ3) is 26.0. The van der Waals surface area contributed by atoms with E-state index in [0.29, 0.717) is 13.0 Å². The van der Waals surface area contributed by atoms with Crippen LogP contribution >= 0.6 is 0 Å². The van der Waals surface area contributed by atoms with E-state index in [-0.39, 0.29) is 11.6 Å². The molecule has 1 heterocycles. The Hall–Kier alpha value is -1.06. The van der Waals surface area contributed by atoms with Crippen LogP contribution in [0.15, 0.2) is 4.99 Å². The van der Waals surface area contributed by atoms with Gasteiger partial charge in [-0.25, -0.2) is 0 Å². The molecule has 0 aromatic heterocycles. The third-order valence-electron chi connectivity index (χ3n) is 10.3. The summed E-state index contributed by atoms with van der Waals surface area (Å²) in [5.74, 6) is 1.32. The second-order valence-corrected chi connectivity index (χ2v) is 15.0. The molecule has 0 aromatic carbocycles. The maximum absolute atomic E-state index is 12.8. The van der Waals surface area contributed by atoms with Gasteiger partial charge in [0, 0.05) is 12.8 Å². The smallest absolute Gasteiger partial charge is 0.221 e. The molecule has 1 atom stereocenters. The quantitative estimate of drug-likeness (QED) is 0.0666. The van der Waals surface area contributed by atoms with Crippen molar-refractivity contribution in [3.8, 4) is 0 Å². The van der Waals surface area contributed by atoms with Crippen molar-refractivity contribution in [2.45, 2.75) is 251 Å². The zero-order valence-corrected chi connectivity index (χ0v) is 31.8. The molecular weight excluding hydrogens is 562 g/mol. The van der Waals surface area contributed by atoms with Crippen molar-refractivity contribution in [1.82, 2.24) is 10.6 Å². The lowest BCUT2D eigenvalue weighted by molar-refractivity contribution is -0.123. The van der Waals surface area contributed by atoms with E-state index in [4.69, 9.17) is 4.99 Å². The first-order valence-electron chi connectivity index (χ1n) is 21.3. The first kappa shape index (κ1) is 43.0. The van der Waals surface area contributed by atoms with Crippen molar-refractivity contribution < 1.29 is 4.79 Å². The minimum Gasteiger partial charge on any atom is -0.350 e. The Morgan fingerprint density at radius 3 is 1.24 bits per heavy atom. The van der Waals surface area contributed by atoms with Crippen LogP contribution in [0.5, 0.6) is 0 Å². The summed E-state index contributed by atoms with van der Waals surface area (Å²) >= 11 is 0. The van der Waals surface area contributed by atoms with Gasteiger partial charge in [0.1, 0.15) is 5.66 Å². The summed E-state index contributed by atoms with van der Waals surface area (Å²) in [6.07, 6.45) is 46.4. The summed E-state index contributed by atoms with van der Waals surface area (Å²) in [6.45, 7) is 7.49. The molecule has 1 aliphatic heterocycles. The van der Waals surface area contributed by atoms with Crippen molar-refractivity contribution in [3.05, 3.63) is 0 Å². The van der Waals surface area contributed by atoms with Crippen LogP contribution in [-0.4, -0.2) is 24.0 Å². The highest BCUT2D eigenvalue weighted by molar-refractivity contribution is 5.86. The molecule has 0 aliphatic carbocycles. The minimum absolute atomic E-state index is 0.203. The van der Waals surface area contributed by atoms with Crippen LogP contribution < -0.4 is 10.6 Å². The molecule has 1 amide bonds. The molecule has 1 unspecified atom stereocenters. The number of hydrogen-bond donors (Lipinski definition) is 2. The number of unbranched alkanes of at least 4 members (excludes halogenated alkanes) is 29. The number of carbonyl (C=O) groups excluding carboxylic acids is 1. The first-order valence-corrected chi connectivity index (χ1v) is 21.3. The van der Waals surface area contributed by atoms with E-state index in [1.165, 1.54) is 193 Å². The number of amides is 1. The molecule has 1 rings (SSSR count). The van der Waals surface area contributed by atoms with Gasteiger partial charge in [0.15, 0.2) is 0 Å². The van der Waals surface area contributed by atoms with E-state index in [1.54, 1.807) is 0 Å². The number of amidine groups is 1. The lowest BCUT2D eigenvalue weighted by Gasteiger charge is -2.31. The Balaban J connectivity index is 1.97. The van der Waals surface area contributed by atoms with Gasteiger partial charge in [-0.3, -0.25) is 9.79 Å². The van der Waals surface area contributed by atoms with E-state index in [0.717, 1.165) is 31.5 Å². The monoisotopic (exact) mass is 646 g/mol. The maximum atomic E-state index is 12.8. The fourth-order valence-electron chi connectivity index (χ4n) is 7.26. The average molecular weight is 646 g/mol. The van der Waals surface area contributed by atoms with Crippen LogP contribution in [0.2, 0.25) is 0 Å². The van der Waals surface area contributed by atoms with Crippen LogP contribution in [-0.2, 0) is 4.79 Å². The highest BCUT2D eigenvalue weighted by Crippen LogP contribution is 2.20. The lowest BCUT2D eigenvalue weighted by Crippen LogP contribution is -2.59. The maximum Gasteiger partial charge on any atom is 0.221 e. The lowest BCUT2D eigenvalue weighted by atomic mass is 10.0. The third-order valence-corrected chi connectivity index (χ3v) is 10.3. The van der Waals surface area contributed by atoms with E-state index in [2.05, 4.69) is 31.4 Å². The molecule has 272 valence electrons. The molecule has 0 spiro atoms. The van der Waals surface area contributed by atoms with Gasteiger partial charge >= 0.3 is 0 Å². The Morgan fingerprint density at radius 1 is 0.522 bits per heavy atom. The Kier molecular flexibility index (Phi) is 30.3. The number of carbonyl (C=O) groups is 1. The predicted octanol–water partition coefficient (Wildman–Crippen LogP) is 13.5. The molecule has 0 aromatic rings. The van der Waals surface area contributed by atoms with Crippen molar-refractivity contribution in [2.24, 2.45) is 4.99 Å². The fourth-order valence-corrected chi connectivity index (χ4v) is 7.26. The first-order chi connectivity index (χ1) is 22.7. The van der Waals surface area contributed by atoms with Crippen molar-refractivity contribution in [1.29, 1.82) is 0 Å². The van der Waals surface area contributed by atoms with E-state index in [1.807, 2.05) is 0 Å². The highest BCUT2D eigenvalue weighted by Gasteiger charge is 2.35. The van der Waals surface area contributed by atoms with Gasteiger partial charge in [-0.1, -0.05) is 213 Å². The van der Waals surface area contributed by atoms with Crippen LogP contribution in [0.1, 0.15) is 245 Å². The van der Waals surface area contributed by atoms with Gasteiger partial charge < -0.3 is 10.6 Å². The number of aliphatic imine (C=N–C) groups is 1. The Bertz CT molecular complexity index is 692. The molecule has 46 heavy (non-hydrogen) atoms. The topological polar surface area (TPSA) is 53.5 Å². The van der Waals surface area contributed by atoms with Crippen molar-refractivity contribution >= 4 is 11.7 Å². The second kappa shape index (κ2) is 32.5. The Morgan fingerprint density at radius 2 is 0.870 bits per heavy atom. The molecule has 0 bridgehead atoms. The molecule has 0 radical (unpaired) electrons. The number of nitrogens with zero attached hydrogens (tertiary/aromatic N) is 1. The van der Waals surface area contributed by atoms with Gasteiger partial charge in [-0.15, -0.1) is 0 Å². The van der Waals surface area contributed by atoms with Crippen LogP contribution in [0.4, 0.5) is 0 Å². The Labute approximate surface area is 289 Å². The van der Waals surface area contributed by atoms with Crippen LogP contribution in [0.3, 0.4) is 0 Å². The molecule has 0 fully saturated rings. The van der Waals surface area contributed by atoms with Gasteiger partial charge in [-0.2, -0.15) is 0 Å². The normalized spacial score (nSPS) is 16.1. The zero-order chi connectivity index (χ0) is 33.2. The summed E-state index contributed by atoms with van der Waals surface area (Å²) < 4.78 is 0. The van der Waals surface area contributed by atoms with Crippen LogP contribution in [0.25, 0.3) is 0 Å². The fraction of sp³-hybridized carbons (Fsp3) is 0.952. The predicted molar refractivity (Wildman–Crippen MR) is 205 cm³/mol. The number of hydrogen-bond acceptors (Lipinski definition) is 3. The van der Waals surface area contributed by atoms with E-state index in [9.17, 15) is 4.79 Å². The highest BCUT2D eigenvalue weighted by atomic mass is 16.1. The molecule has 0 saturated carbocycles. The summed E-state index contributed by atoms with van der Waals surface area (Å²) in [5, 5.41) is 7.03. The van der Waals surface area contributed by atoms with E-state index >= 15 is 0 Å². The van der Waals surface area contributed by atoms with Gasteiger partial charge in [-0.05, 0) is 19.3 Å². The summed E-state index contributed by atoms with van der Waals surface area (Å²) in [6, 6.07) is 0. The largest absolute Gasteiger partial charge is 0.350 e. The van der Waals surface area contributed by atoms with Crippen LogP contribution in [0, 0.1) is 0 Å². The second-order valence-electron chi connectivity index (χ2n) is 15.0. The van der Waals surface area contributed by atoms with Gasteiger partial charge in [0.25, 0.3) is 0 Å².